The Morgan fingerprint density at radius 2 is 2.00 bits per heavy atom. The van der Waals surface area contributed by atoms with Crippen LogP contribution in [0, 0.1) is 0 Å². The molecule has 0 spiro atoms. The van der Waals surface area contributed by atoms with E-state index >= 15 is 0 Å². The van der Waals surface area contributed by atoms with Gasteiger partial charge in [0.2, 0.25) is 5.95 Å². The highest BCUT2D eigenvalue weighted by Gasteiger charge is 2.07. The second kappa shape index (κ2) is 3.61. The average molecular weight is 204 g/mol. The van der Waals surface area contributed by atoms with E-state index in [1.807, 2.05) is 6.92 Å². The third kappa shape index (κ3) is 1.76. The molecular weight excluding hydrogens is 192 g/mol. The summed E-state index contributed by atoms with van der Waals surface area (Å²) in [6, 6.07) is 6.74. The quantitative estimate of drug-likeness (QED) is 0.768. The number of aryl methyl sites for hydroxylation is 1. The molecule has 5 heteroatoms. The van der Waals surface area contributed by atoms with Gasteiger partial charge < -0.3 is 10.8 Å². The van der Waals surface area contributed by atoms with Crippen LogP contribution < -0.4 is 5.73 Å². The van der Waals surface area contributed by atoms with E-state index in [-0.39, 0.29) is 11.7 Å². The molecule has 15 heavy (non-hydrogen) atoms. The zero-order chi connectivity index (χ0) is 10.8. The number of nitrogens with zero attached hydrogens (tertiary/aromatic N) is 3. The Labute approximate surface area is 87.2 Å². The predicted octanol–water partition coefficient (Wildman–Crippen LogP) is 1.12. The van der Waals surface area contributed by atoms with Gasteiger partial charge in [0, 0.05) is 6.42 Å². The van der Waals surface area contributed by atoms with Crippen LogP contribution in [0.5, 0.6) is 5.75 Å². The number of benzene rings is 1. The number of aromatic nitrogens is 3. The van der Waals surface area contributed by atoms with Crippen LogP contribution >= 0.6 is 0 Å². The zero-order valence-corrected chi connectivity index (χ0v) is 8.38. The van der Waals surface area contributed by atoms with Crippen molar-refractivity contribution < 1.29 is 5.11 Å². The van der Waals surface area contributed by atoms with Crippen molar-refractivity contribution in [2.75, 3.05) is 5.73 Å². The highest BCUT2D eigenvalue weighted by Crippen LogP contribution is 2.15. The molecule has 0 aliphatic carbocycles. The van der Waals surface area contributed by atoms with Crippen LogP contribution in [0.3, 0.4) is 0 Å². The average Bonchev–Trinajstić information content (AvgIpc) is 2.61. The second-order valence-electron chi connectivity index (χ2n) is 3.17. The van der Waals surface area contributed by atoms with Gasteiger partial charge in [-0.1, -0.05) is 6.92 Å². The zero-order valence-electron chi connectivity index (χ0n) is 8.38. The van der Waals surface area contributed by atoms with Crippen molar-refractivity contribution >= 4 is 5.95 Å². The van der Waals surface area contributed by atoms with Crippen LogP contribution in [0.25, 0.3) is 5.69 Å². The molecular formula is C10H12N4O. The highest BCUT2D eigenvalue weighted by atomic mass is 16.3. The summed E-state index contributed by atoms with van der Waals surface area (Å²) in [7, 11) is 0. The molecule has 5 nitrogen and oxygen atoms in total. The molecule has 78 valence electrons. The van der Waals surface area contributed by atoms with E-state index in [2.05, 4.69) is 10.1 Å². The number of rotatable bonds is 2. The number of anilines is 1. The molecule has 3 N–H and O–H groups in total. The van der Waals surface area contributed by atoms with E-state index in [9.17, 15) is 0 Å². The molecule has 2 rings (SSSR count). The molecule has 1 heterocycles. The van der Waals surface area contributed by atoms with Crippen LogP contribution in [0.4, 0.5) is 5.95 Å². The fourth-order valence-electron chi connectivity index (χ4n) is 1.39. The number of nitrogen functional groups attached to an aromatic ring is 1. The van der Waals surface area contributed by atoms with Gasteiger partial charge in [-0.2, -0.15) is 4.98 Å². The van der Waals surface area contributed by atoms with E-state index in [1.54, 1.807) is 28.9 Å². The van der Waals surface area contributed by atoms with E-state index in [4.69, 9.17) is 10.8 Å². The summed E-state index contributed by atoms with van der Waals surface area (Å²) in [5.41, 5.74) is 6.37. The Hall–Kier alpha value is -2.04. The third-order valence-electron chi connectivity index (χ3n) is 2.10. The van der Waals surface area contributed by atoms with Crippen molar-refractivity contribution in [3.63, 3.8) is 0 Å². The van der Waals surface area contributed by atoms with E-state index in [0.29, 0.717) is 0 Å². The highest BCUT2D eigenvalue weighted by molar-refractivity contribution is 5.37. The largest absolute Gasteiger partial charge is 0.508 e. The summed E-state index contributed by atoms with van der Waals surface area (Å²) in [5, 5.41) is 13.2. The Bertz CT molecular complexity index is 461. The Balaban J connectivity index is 2.48. The minimum Gasteiger partial charge on any atom is -0.508 e. The molecule has 1 aromatic carbocycles. The molecule has 2 aromatic rings. The van der Waals surface area contributed by atoms with Crippen LogP contribution in [-0.2, 0) is 6.42 Å². The van der Waals surface area contributed by atoms with Crippen LogP contribution in [-0.4, -0.2) is 19.9 Å². The van der Waals surface area contributed by atoms with Crippen molar-refractivity contribution in [3.05, 3.63) is 30.1 Å². The minimum absolute atomic E-state index is 0.227. The summed E-state index contributed by atoms with van der Waals surface area (Å²) >= 11 is 0. The smallest absolute Gasteiger partial charge is 0.240 e. The van der Waals surface area contributed by atoms with Gasteiger partial charge in [-0.3, -0.25) is 0 Å². The lowest BCUT2D eigenvalue weighted by Gasteiger charge is -2.03. The van der Waals surface area contributed by atoms with Crippen LogP contribution in [0.1, 0.15) is 12.7 Å². The molecule has 0 aliphatic rings. The van der Waals surface area contributed by atoms with Crippen molar-refractivity contribution in [1.82, 2.24) is 14.8 Å². The Morgan fingerprint density at radius 3 is 2.60 bits per heavy atom. The summed E-state index contributed by atoms with van der Waals surface area (Å²) in [5.74, 6) is 1.29. The number of aromatic hydroxyl groups is 1. The van der Waals surface area contributed by atoms with E-state index < -0.39 is 0 Å². The van der Waals surface area contributed by atoms with Crippen molar-refractivity contribution in [2.45, 2.75) is 13.3 Å². The Kier molecular flexibility index (Phi) is 2.29. The van der Waals surface area contributed by atoms with Crippen LogP contribution in [0.15, 0.2) is 24.3 Å². The van der Waals surface area contributed by atoms with Crippen molar-refractivity contribution in [1.29, 1.82) is 0 Å². The van der Waals surface area contributed by atoms with Gasteiger partial charge in [0.1, 0.15) is 11.6 Å². The van der Waals surface area contributed by atoms with Gasteiger partial charge in [-0.25, -0.2) is 4.68 Å². The topological polar surface area (TPSA) is 77.0 Å². The lowest BCUT2D eigenvalue weighted by atomic mass is 10.3. The van der Waals surface area contributed by atoms with Crippen molar-refractivity contribution in [3.8, 4) is 11.4 Å². The van der Waals surface area contributed by atoms with E-state index in [1.165, 1.54) is 0 Å². The van der Waals surface area contributed by atoms with Gasteiger partial charge >= 0.3 is 0 Å². The molecule has 0 amide bonds. The molecule has 0 saturated heterocycles. The van der Waals surface area contributed by atoms with Crippen LogP contribution in [0.2, 0.25) is 0 Å². The number of phenolic OH excluding ortho intramolecular Hbond substituents is 1. The first-order valence-corrected chi connectivity index (χ1v) is 4.71. The van der Waals surface area contributed by atoms with Gasteiger partial charge in [0.15, 0.2) is 0 Å². The van der Waals surface area contributed by atoms with Gasteiger partial charge in [0.25, 0.3) is 0 Å². The number of hydrogen-bond acceptors (Lipinski definition) is 4. The number of hydrogen-bond donors (Lipinski definition) is 2. The second-order valence-corrected chi connectivity index (χ2v) is 3.17. The molecule has 1 aromatic heterocycles. The summed E-state index contributed by atoms with van der Waals surface area (Å²) in [6.45, 7) is 1.99. The first-order chi connectivity index (χ1) is 7.20. The molecule has 0 aliphatic heterocycles. The van der Waals surface area contributed by atoms with E-state index in [0.717, 1.165) is 17.9 Å². The molecule has 0 saturated carbocycles. The lowest BCUT2D eigenvalue weighted by molar-refractivity contribution is 0.475. The fourth-order valence-corrected chi connectivity index (χ4v) is 1.39. The minimum atomic E-state index is 0.227. The van der Waals surface area contributed by atoms with Crippen molar-refractivity contribution in [2.24, 2.45) is 0 Å². The molecule has 0 fully saturated rings. The first kappa shape index (κ1) is 9.51. The normalized spacial score (nSPS) is 10.5. The van der Waals surface area contributed by atoms with Gasteiger partial charge in [-0.05, 0) is 24.3 Å². The summed E-state index contributed by atoms with van der Waals surface area (Å²) in [4.78, 5) is 4.10. The SMILES string of the molecule is CCc1nc(N)nn1-c1ccc(O)cc1. The number of phenols is 1. The third-order valence-corrected chi connectivity index (χ3v) is 2.10. The standard InChI is InChI=1S/C10H12N4O/c1-2-9-12-10(11)13-14(9)7-3-5-8(15)6-4-7/h3-6,15H,2H2,1H3,(H2,11,13). The summed E-state index contributed by atoms with van der Waals surface area (Å²) < 4.78 is 1.68. The first-order valence-electron chi connectivity index (χ1n) is 4.71. The Morgan fingerprint density at radius 1 is 1.33 bits per heavy atom. The predicted molar refractivity (Wildman–Crippen MR) is 56.8 cm³/mol. The molecule has 0 bridgehead atoms. The monoisotopic (exact) mass is 204 g/mol. The molecule has 0 unspecified atom stereocenters. The van der Waals surface area contributed by atoms with Gasteiger partial charge in [-0.15, -0.1) is 5.10 Å². The molecule has 0 atom stereocenters. The maximum absolute atomic E-state index is 9.17. The maximum Gasteiger partial charge on any atom is 0.240 e. The fraction of sp³-hybridized carbons (Fsp3) is 0.200. The number of nitrogens with two attached hydrogens (primary N) is 1. The molecule has 0 radical (unpaired) electrons. The summed E-state index contributed by atoms with van der Waals surface area (Å²) in [6.07, 6.45) is 0.755. The lowest BCUT2D eigenvalue weighted by Crippen LogP contribution is -2.01. The maximum atomic E-state index is 9.17. The van der Waals surface area contributed by atoms with Gasteiger partial charge in [0.05, 0.1) is 5.69 Å².